The van der Waals surface area contributed by atoms with E-state index in [1.54, 1.807) is 37.8 Å². The number of H-pyrrole nitrogens is 2. The number of halogens is 18. The number of esters is 1. The highest BCUT2D eigenvalue weighted by molar-refractivity contribution is 14.1. The molecule has 10 heterocycles. The third-order valence-electron chi connectivity index (χ3n) is 20.2. The van der Waals surface area contributed by atoms with Crippen molar-refractivity contribution < 1.29 is 89.8 Å². The van der Waals surface area contributed by atoms with E-state index in [-0.39, 0.29) is 83.9 Å². The average Bonchev–Trinajstić information content (AvgIpc) is 1.69. The molecular formula is C98H92Br6Cl4F7IN16O12. The number of rotatable bonds is 24. The van der Waals surface area contributed by atoms with Gasteiger partial charge in [0, 0.05) is 217 Å². The third-order valence-corrected chi connectivity index (χ3v) is 25.6. The van der Waals surface area contributed by atoms with Crippen molar-refractivity contribution in [1.29, 1.82) is 0 Å². The molecule has 15 aromatic rings. The summed E-state index contributed by atoms with van der Waals surface area (Å²) in [7, 11) is 0. The van der Waals surface area contributed by atoms with Gasteiger partial charge in [0.15, 0.2) is 60.2 Å². The zero-order valence-corrected chi connectivity index (χ0v) is 89.6. The van der Waals surface area contributed by atoms with Gasteiger partial charge in [0.05, 0.1) is 45.6 Å². The van der Waals surface area contributed by atoms with Crippen LogP contribution in [0.1, 0.15) is 142 Å². The molecule has 144 heavy (non-hydrogen) atoms. The van der Waals surface area contributed by atoms with E-state index in [1.165, 1.54) is 118 Å². The molecule has 17 rings (SSSR count). The summed E-state index contributed by atoms with van der Waals surface area (Å²) in [5.74, 6) is -4.45. The van der Waals surface area contributed by atoms with Crippen LogP contribution in [0.15, 0.2) is 274 Å². The molecule has 2 fully saturated rings. The summed E-state index contributed by atoms with van der Waals surface area (Å²) in [6.45, 7) is 4.44. The van der Waals surface area contributed by atoms with Crippen molar-refractivity contribution >= 4 is 207 Å². The summed E-state index contributed by atoms with van der Waals surface area (Å²) in [6, 6.07) is 44.7. The molecule has 0 saturated heterocycles. The molecule has 10 aromatic heterocycles. The molecular weight excluding hydrogens is 2470 g/mol. The fourth-order valence-electron chi connectivity index (χ4n) is 13.3. The van der Waals surface area contributed by atoms with Crippen LogP contribution < -0.4 is 10.2 Å². The van der Waals surface area contributed by atoms with E-state index in [9.17, 15) is 74.8 Å². The largest absolute Gasteiger partial charge is 0.466 e. The lowest BCUT2D eigenvalue weighted by Gasteiger charge is -2.18. The standard InChI is InChI=1S/C22H21BrF2N4O3.C16H12BrClFN3O.C16H10BrClFN3O.C12H9BrFNO.C7H6Br2.C6H11ClFNO2.C5H4FNO.C5H5NO.C4H2ClIN2.C4H8O2.CH4/c23-15-3-1-2-12(4-15)8-29-9-13(6-18(29)24)20(31)16-7-26-11-27-22(16)28-17-5-14(10-30)21(32)19(17)25;2*17-12-3-1-2-10(4-12)7-22-8-11(5-14(22)19)15(23)13-6-20-9-21-16(13)18;13-11-3-1-2-9(4-11)6-15-7-10(8-16)5-12(15)14;8-5-6-2-1-3-7(9)4-6;7-9-4-1-3(2-10)6(11)5(4)8;6-5-1-4(3-8)2-7-5;7-4-5-1-2-6-3-5;5-4-3(6)1-7-2-8-4;1-3-6-4(2)5;/h1-4,6-7,9,11,14,17,19,21,30,32H,5,8,10H2,(H,26,27,28);1-6,8-9,15,23H,7H2;1-6,8-9H,7H2;1-5,7-8H,6H2;1-4H,5H2;3-6,9-11H,1-2H2;1-3,7H;1-4,6H;1-2H;3H2,1-2H3;1H4/t14-,17-,19-,21-;;;;;3-,4-,5-,6-;;;;;/m1....1...../s1. The van der Waals surface area contributed by atoms with Crippen LogP contribution in [0.3, 0.4) is 0 Å². The lowest BCUT2D eigenvalue weighted by Crippen LogP contribution is -2.32. The lowest BCUT2D eigenvalue weighted by molar-refractivity contribution is -0.140. The lowest BCUT2D eigenvalue weighted by atomic mass is 10.1. The Balaban J connectivity index is 0.000000227. The second-order valence-electron chi connectivity index (χ2n) is 30.5. The summed E-state index contributed by atoms with van der Waals surface area (Å²) in [4.78, 5) is 103. The maximum atomic E-state index is 14.5. The molecule has 9 N–H and O–H groups in total. The van der Waals surface area contributed by atoms with Crippen LogP contribution in [0, 0.1) is 45.1 Å². The van der Waals surface area contributed by atoms with Crippen molar-refractivity contribution in [3.8, 4) is 0 Å². The number of nitrogens with zero attached hydrogens (tertiary/aromatic N) is 12. The van der Waals surface area contributed by atoms with Gasteiger partial charge in [0.2, 0.25) is 0 Å². The van der Waals surface area contributed by atoms with Crippen molar-refractivity contribution in [2.24, 2.45) is 11.8 Å². The van der Waals surface area contributed by atoms with E-state index in [1.807, 2.05) is 109 Å². The predicted octanol–water partition coefficient (Wildman–Crippen LogP) is 22.2. The molecule has 46 heteroatoms. The van der Waals surface area contributed by atoms with Gasteiger partial charge in [-0.2, -0.15) is 22.0 Å². The Morgan fingerprint density at radius 3 is 1.31 bits per heavy atom. The van der Waals surface area contributed by atoms with Crippen molar-refractivity contribution in [1.82, 2.24) is 72.9 Å². The molecule has 9 atom stereocenters. The van der Waals surface area contributed by atoms with E-state index in [0.29, 0.717) is 78.2 Å². The molecule has 2 saturated carbocycles. The Hall–Kier alpha value is -10.2. The minimum atomic E-state index is -1.63. The fourth-order valence-corrected chi connectivity index (χ4v) is 16.8. The SMILES string of the molecule is BrCc1cccc(Br)c1.C.CCOC(C)=O.Clc1ncncc1I.O=C(c1cc(F)n(Cc2cccc(Br)c2)c1)c1cncnc1Cl.O=C(c1cc(F)n(Cc2cccc(Br)c2)c1)c1cncnc1N[C@@H]1C[C@H](CO)[C@@H](O)[C@@H]1F.O=Cc1c[nH]c(F)c1.O=Cc1cc(F)n(Cc2cccc(Br)c2)c1.O=Cc1cc[nH]c1.OC(c1cc(F)n(Cc2cccc(Br)c2)c1)c1cncnc1Cl.OC[C@H]1C[C@@H](NCl)[C@@H](F)[C@@H]1O. The Kier molecular flexibility index (Phi) is 52.5. The minimum absolute atomic E-state index is 0. The monoisotopic (exact) mass is 2560 g/mol. The number of nitrogens with one attached hydrogen (secondary N) is 4. The first-order valence-corrected chi connectivity index (χ1v) is 49.9. The number of hydrogen-bond acceptors (Lipinski definition) is 22. The summed E-state index contributed by atoms with van der Waals surface area (Å²) >= 11 is 44.9. The van der Waals surface area contributed by atoms with Crippen LogP contribution in [-0.2, 0) is 41.0 Å². The van der Waals surface area contributed by atoms with Crippen molar-refractivity contribution in [3.63, 3.8) is 0 Å². The number of ether oxygens (including phenoxy) is 1. The Morgan fingerprint density at radius 2 is 0.944 bits per heavy atom. The number of alkyl halides is 3. The zero-order valence-electron chi connectivity index (χ0n) is 74.9. The highest BCUT2D eigenvalue weighted by Gasteiger charge is 2.44. The van der Waals surface area contributed by atoms with Crippen LogP contribution in [0.2, 0.25) is 15.5 Å². The van der Waals surface area contributed by atoms with Gasteiger partial charge in [-0.25, -0.2) is 53.5 Å². The second kappa shape index (κ2) is 62.7. The number of carbonyl (C=O) groups excluding carboxylic acids is 6. The summed E-state index contributed by atoms with van der Waals surface area (Å²) in [5, 5.41) is 51.9. The Morgan fingerprint density at radius 1 is 0.528 bits per heavy atom. The van der Waals surface area contributed by atoms with Gasteiger partial charge in [0.25, 0.3) is 0 Å². The number of anilines is 1. The van der Waals surface area contributed by atoms with E-state index in [0.717, 1.165) is 71.9 Å². The van der Waals surface area contributed by atoms with Gasteiger partial charge >= 0.3 is 5.97 Å². The average molecular weight is 2570 g/mol. The van der Waals surface area contributed by atoms with Gasteiger partial charge in [-0.3, -0.25) is 28.8 Å². The number of aromatic amines is 2. The van der Waals surface area contributed by atoms with Gasteiger partial charge in [-0.1, -0.05) is 198 Å². The fraction of sp³-hybridized carbons (Fsp3) is 0.224. The Bertz CT molecular complexity index is 6570. The highest BCUT2D eigenvalue weighted by atomic mass is 127. The quantitative estimate of drug-likeness (QED) is 0.00396. The smallest absolute Gasteiger partial charge is 0.302 e. The zero-order chi connectivity index (χ0) is 104. The predicted molar refractivity (Wildman–Crippen MR) is 563 cm³/mol. The molecule has 0 aliphatic heterocycles. The first-order chi connectivity index (χ1) is 68.5. The van der Waals surface area contributed by atoms with Crippen LogP contribution >= 0.6 is 165 Å². The van der Waals surface area contributed by atoms with E-state index >= 15 is 0 Å². The molecule has 2 aliphatic carbocycles. The molecule has 5 aromatic carbocycles. The summed E-state index contributed by atoms with van der Waals surface area (Å²) in [6.07, 6.45) is 17.6. The van der Waals surface area contributed by atoms with Crippen LogP contribution in [0.5, 0.6) is 0 Å². The molecule has 2 aliphatic rings. The number of aromatic nitrogens is 14. The summed E-state index contributed by atoms with van der Waals surface area (Å²) < 4.78 is 111. The van der Waals surface area contributed by atoms with Crippen molar-refractivity contribution in [3.05, 3.63) is 400 Å². The molecule has 0 bridgehead atoms. The molecule has 0 spiro atoms. The number of benzene rings is 5. The van der Waals surface area contributed by atoms with Gasteiger partial charge in [0.1, 0.15) is 65.0 Å². The number of carbonyl (C=O) groups is 6. The molecule has 1 unspecified atom stereocenters. The maximum Gasteiger partial charge on any atom is 0.302 e. The highest BCUT2D eigenvalue weighted by Crippen LogP contribution is 2.34. The first kappa shape index (κ1) is 121. The number of hydrogen-bond donors (Lipinski definition) is 9. The van der Waals surface area contributed by atoms with E-state index in [4.69, 9.17) is 56.8 Å². The molecule has 28 nitrogen and oxygen atoms in total. The van der Waals surface area contributed by atoms with Crippen molar-refractivity contribution in [2.75, 3.05) is 25.1 Å². The Labute approximate surface area is 906 Å². The molecule has 0 radical (unpaired) electrons. The molecule has 0 amide bonds. The number of ketones is 2. The van der Waals surface area contributed by atoms with Gasteiger partial charge in [-0.15, -0.1) is 0 Å². The summed E-state index contributed by atoms with van der Waals surface area (Å²) in [5.41, 5.74) is 7.61. The number of aldehydes is 3. The topological polar surface area (TPSA) is 391 Å². The van der Waals surface area contributed by atoms with Crippen LogP contribution in [-0.4, -0.2) is 186 Å². The normalized spacial score (nSPS) is 15.7. The van der Waals surface area contributed by atoms with Crippen LogP contribution in [0.4, 0.5) is 36.6 Å². The maximum absolute atomic E-state index is 14.5. The number of aliphatic hydroxyl groups is 5. The van der Waals surface area contributed by atoms with Crippen LogP contribution in [0.25, 0.3) is 0 Å². The van der Waals surface area contributed by atoms with E-state index < -0.39 is 90.0 Å². The van der Waals surface area contributed by atoms with E-state index in [2.05, 4.69) is 195 Å². The minimum Gasteiger partial charge on any atom is -0.466 e. The number of aliphatic hydroxyl groups excluding tert-OH is 5. The second-order valence-corrected chi connectivity index (χ2v) is 38.1. The molecule has 762 valence electrons. The van der Waals surface area contributed by atoms with Crippen molar-refractivity contribution in [2.45, 2.75) is 108 Å². The third kappa shape index (κ3) is 38.9. The van der Waals surface area contributed by atoms with Gasteiger partial charge in [-0.05, 0) is 155 Å². The first-order valence-electron chi connectivity index (χ1n) is 42.3. The van der Waals surface area contributed by atoms with Gasteiger partial charge < -0.3 is 63.8 Å².